The summed E-state index contributed by atoms with van der Waals surface area (Å²) in [6.45, 7) is 1.42. The van der Waals surface area contributed by atoms with Crippen molar-refractivity contribution in [3.8, 4) is 0 Å². The van der Waals surface area contributed by atoms with Crippen LogP contribution in [0.1, 0.15) is 12.8 Å². The van der Waals surface area contributed by atoms with Gasteiger partial charge < -0.3 is 9.30 Å². The molecule has 176 valence electrons. The van der Waals surface area contributed by atoms with Crippen LogP contribution in [-0.2, 0) is 26.1 Å². The Morgan fingerprint density at radius 3 is 2.58 bits per heavy atom. The second kappa shape index (κ2) is 10.0. The topological polar surface area (TPSA) is 81.0 Å². The summed E-state index contributed by atoms with van der Waals surface area (Å²) in [5.74, 6) is -1.13. The zero-order valence-electron chi connectivity index (χ0n) is 17.9. The molecule has 0 unspecified atom stereocenters. The highest BCUT2D eigenvalue weighted by Crippen LogP contribution is 2.26. The molecule has 0 aliphatic carbocycles. The Bertz CT molecular complexity index is 1330. The van der Waals surface area contributed by atoms with E-state index in [0.717, 1.165) is 22.3 Å². The lowest BCUT2D eigenvalue weighted by Gasteiger charge is -2.29. The first kappa shape index (κ1) is 24.0. The highest BCUT2D eigenvalue weighted by molar-refractivity contribution is 7.89. The van der Waals surface area contributed by atoms with Gasteiger partial charge in [0, 0.05) is 37.7 Å². The van der Waals surface area contributed by atoms with E-state index in [0.29, 0.717) is 35.8 Å². The minimum absolute atomic E-state index is 0.0430. The van der Waals surface area contributed by atoms with Crippen LogP contribution >= 0.6 is 22.9 Å². The van der Waals surface area contributed by atoms with Crippen molar-refractivity contribution >= 4 is 49.1 Å². The molecule has 1 aliphatic heterocycles. The molecule has 0 saturated carbocycles. The number of ether oxygens (including phenoxy) is 1. The maximum Gasteiger partial charge on any atom is 0.251 e. The van der Waals surface area contributed by atoms with Crippen LogP contribution in [0.2, 0.25) is 5.02 Å². The standard InChI is InChI=1S/C22H23ClFN3O4S2/c1-31-13-12-27-19-7-2-16(23)14-20(19)32-22(27)25-21(28)15-8-10-26(11-9-15)33(29,30)18-5-3-17(24)4-6-18/h2-7,14-15H,8-13H2,1H3. The van der Waals surface area contributed by atoms with Crippen molar-refractivity contribution in [2.24, 2.45) is 10.9 Å². The first-order valence-electron chi connectivity index (χ1n) is 10.4. The van der Waals surface area contributed by atoms with E-state index in [1.165, 1.54) is 27.8 Å². The lowest BCUT2D eigenvalue weighted by molar-refractivity contribution is -0.122. The number of sulfonamides is 1. The van der Waals surface area contributed by atoms with Crippen LogP contribution in [0.25, 0.3) is 10.2 Å². The number of amides is 1. The number of piperidine rings is 1. The Hall–Kier alpha value is -2.11. The summed E-state index contributed by atoms with van der Waals surface area (Å²) < 4.78 is 48.2. The molecular formula is C22H23ClFN3O4S2. The van der Waals surface area contributed by atoms with Gasteiger partial charge in [0.15, 0.2) is 4.80 Å². The number of aromatic nitrogens is 1. The van der Waals surface area contributed by atoms with Crippen LogP contribution < -0.4 is 4.80 Å². The van der Waals surface area contributed by atoms with E-state index in [9.17, 15) is 17.6 Å². The summed E-state index contributed by atoms with van der Waals surface area (Å²) in [5.41, 5.74) is 0.924. The maximum absolute atomic E-state index is 13.2. The zero-order chi connectivity index (χ0) is 23.6. The van der Waals surface area contributed by atoms with E-state index >= 15 is 0 Å². The van der Waals surface area contributed by atoms with Gasteiger partial charge >= 0.3 is 0 Å². The molecule has 0 atom stereocenters. The quantitative estimate of drug-likeness (QED) is 0.505. The molecular weight excluding hydrogens is 489 g/mol. The molecule has 33 heavy (non-hydrogen) atoms. The Morgan fingerprint density at radius 2 is 1.91 bits per heavy atom. The molecule has 0 bridgehead atoms. The van der Waals surface area contributed by atoms with Gasteiger partial charge in [0.2, 0.25) is 10.0 Å². The Kier molecular flexibility index (Phi) is 7.30. The highest BCUT2D eigenvalue weighted by atomic mass is 35.5. The number of benzene rings is 2. The molecule has 1 aliphatic rings. The normalized spacial score (nSPS) is 16.5. The summed E-state index contributed by atoms with van der Waals surface area (Å²) in [6.07, 6.45) is 0.745. The maximum atomic E-state index is 13.2. The largest absolute Gasteiger partial charge is 0.383 e. The molecule has 0 N–H and O–H groups in total. The molecule has 1 aromatic heterocycles. The molecule has 0 spiro atoms. The predicted octanol–water partition coefficient (Wildman–Crippen LogP) is 3.67. The van der Waals surface area contributed by atoms with Gasteiger partial charge in [-0.25, -0.2) is 12.8 Å². The average Bonchev–Trinajstić information content (AvgIpc) is 3.13. The van der Waals surface area contributed by atoms with Crippen LogP contribution in [0.15, 0.2) is 52.4 Å². The highest BCUT2D eigenvalue weighted by Gasteiger charge is 2.32. The number of hydrogen-bond donors (Lipinski definition) is 0. The number of thiazole rings is 1. The molecule has 0 radical (unpaired) electrons. The van der Waals surface area contributed by atoms with Crippen LogP contribution in [0, 0.1) is 11.7 Å². The molecule has 7 nitrogen and oxygen atoms in total. The Labute approximate surface area is 200 Å². The summed E-state index contributed by atoms with van der Waals surface area (Å²) >= 11 is 7.50. The van der Waals surface area contributed by atoms with Crippen molar-refractivity contribution in [1.82, 2.24) is 8.87 Å². The molecule has 1 saturated heterocycles. The summed E-state index contributed by atoms with van der Waals surface area (Å²) in [7, 11) is -2.12. The molecule has 2 aromatic carbocycles. The van der Waals surface area contributed by atoms with Gasteiger partial charge in [-0.15, -0.1) is 0 Å². The fraction of sp³-hybridized carbons (Fsp3) is 0.364. The number of rotatable bonds is 6. The summed E-state index contributed by atoms with van der Waals surface area (Å²) in [6, 6.07) is 10.3. The lowest BCUT2D eigenvalue weighted by atomic mass is 9.98. The van der Waals surface area contributed by atoms with E-state index in [2.05, 4.69) is 4.99 Å². The van der Waals surface area contributed by atoms with E-state index in [1.807, 2.05) is 16.7 Å². The number of nitrogens with zero attached hydrogens (tertiary/aromatic N) is 3. The third-order valence-electron chi connectivity index (χ3n) is 5.62. The van der Waals surface area contributed by atoms with Gasteiger partial charge in [-0.2, -0.15) is 9.30 Å². The van der Waals surface area contributed by atoms with E-state index < -0.39 is 15.8 Å². The Balaban J connectivity index is 1.52. The first-order chi connectivity index (χ1) is 15.8. The van der Waals surface area contributed by atoms with Crippen molar-refractivity contribution in [2.75, 3.05) is 26.8 Å². The van der Waals surface area contributed by atoms with E-state index in [-0.39, 0.29) is 29.8 Å². The van der Waals surface area contributed by atoms with Crippen molar-refractivity contribution < 1.29 is 22.3 Å². The van der Waals surface area contributed by atoms with Crippen LogP contribution in [-0.4, -0.2) is 50.0 Å². The first-order valence-corrected chi connectivity index (χ1v) is 13.0. The monoisotopic (exact) mass is 511 g/mol. The van der Waals surface area contributed by atoms with Gasteiger partial charge in [0.25, 0.3) is 5.91 Å². The summed E-state index contributed by atoms with van der Waals surface area (Å²) in [5, 5.41) is 0.607. The molecule has 4 rings (SSSR count). The molecule has 1 amide bonds. The zero-order valence-corrected chi connectivity index (χ0v) is 20.3. The average molecular weight is 512 g/mol. The molecule has 2 heterocycles. The van der Waals surface area contributed by atoms with Crippen molar-refractivity contribution in [3.05, 3.63) is 58.1 Å². The minimum Gasteiger partial charge on any atom is -0.383 e. The number of methoxy groups -OCH3 is 1. The van der Waals surface area contributed by atoms with E-state index in [1.54, 1.807) is 13.2 Å². The van der Waals surface area contributed by atoms with Crippen LogP contribution in [0.4, 0.5) is 4.39 Å². The third kappa shape index (κ3) is 5.20. The van der Waals surface area contributed by atoms with Gasteiger partial charge in [0.05, 0.1) is 21.7 Å². The van der Waals surface area contributed by atoms with Crippen molar-refractivity contribution in [3.63, 3.8) is 0 Å². The second-order valence-corrected chi connectivity index (χ2v) is 11.1. The van der Waals surface area contributed by atoms with Crippen molar-refractivity contribution in [1.29, 1.82) is 0 Å². The number of halogens is 2. The fourth-order valence-electron chi connectivity index (χ4n) is 3.82. The number of fused-ring (bicyclic) bond motifs is 1. The number of carbonyl (C=O) groups excluding carboxylic acids is 1. The summed E-state index contributed by atoms with van der Waals surface area (Å²) in [4.78, 5) is 18.0. The van der Waals surface area contributed by atoms with Gasteiger partial charge in [-0.3, -0.25) is 4.79 Å². The second-order valence-electron chi connectivity index (χ2n) is 7.72. The van der Waals surface area contributed by atoms with Gasteiger partial charge in [-0.05, 0) is 55.3 Å². The van der Waals surface area contributed by atoms with Crippen molar-refractivity contribution in [2.45, 2.75) is 24.3 Å². The van der Waals surface area contributed by atoms with E-state index in [4.69, 9.17) is 16.3 Å². The molecule has 3 aromatic rings. The SMILES string of the molecule is COCCn1c(=NC(=O)C2CCN(S(=O)(=O)c3ccc(F)cc3)CC2)sc2cc(Cl)ccc21. The predicted molar refractivity (Wildman–Crippen MR) is 125 cm³/mol. The fourth-order valence-corrected chi connectivity index (χ4v) is 6.62. The number of carbonyl (C=O) groups is 1. The smallest absolute Gasteiger partial charge is 0.251 e. The minimum atomic E-state index is -3.73. The van der Waals surface area contributed by atoms with Gasteiger partial charge in [0.1, 0.15) is 5.82 Å². The lowest BCUT2D eigenvalue weighted by Crippen LogP contribution is -2.40. The molecule has 1 fully saturated rings. The van der Waals surface area contributed by atoms with Crippen LogP contribution in [0.3, 0.4) is 0 Å². The number of hydrogen-bond acceptors (Lipinski definition) is 5. The Morgan fingerprint density at radius 1 is 1.21 bits per heavy atom. The van der Waals surface area contributed by atoms with Gasteiger partial charge in [-0.1, -0.05) is 22.9 Å². The van der Waals surface area contributed by atoms with Crippen LogP contribution in [0.5, 0.6) is 0 Å². The third-order valence-corrected chi connectivity index (χ3v) is 8.81. The molecule has 11 heteroatoms.